The molecule has 3 nitrogen and oxygen atoms in total. The van der Waals surface area contributed by atoms with E-state index < -0.39 is 0 Å². The second-order valence-corrected chi connectivity index (χ2v) is 4.81. The van der Waals surface area contributed by atoms with Crippen LogP contribution < -0.4 is 0 Å². The van der Waals surface area contributed by atoms with Crippen LogP contribution in [0.25, 0.3) is 0 Å². The van der Waals surface area contributed by atoms with Crippen molar-refractivity contribution in [3.05, 3.63) is 77.2 Å². The van der Waals surface area contributed by atoms with Crippen molar-refractivity contribution in [3.8, 4) is 0 Å². The van der Waals surface area contributed by atoms with Crippen molar-refractivity contribution in [2.45, 2.75) is 6.54 Å². The van der Waals surface area contributed by atoms with Crippen LogP contribution in [0.4, 0.5) is 0 Å². The Bertz CT molecular complexity index is 611. The first kappa shape index (κ1) is 14.3. The molecule has 0 N–H and O–H groups in total. The van der Waals surface area contributed by atoms with Crippen molar-refractivity contribution in [3.63, 3.8) is 0 Å². The van der Waals surface area contributed by atoms with Crippen LogP contribution >= 0.6 is 11.6 Å². The number of aromatic nitrogens is 1. The summed E-state index contributed by atoms with van der Waals surface area (Å²) < 4.78 is 0. The number of benzene rings is 1. The van der Waals surface area contributed by atoms with Gasteiger partial charge in [0.05, 0.1) is 0 Å². The Morgan fingerprint density at radius 3 is 2.65 bits per heavy atom. The quantitative estimate of drug-likeness (QED) is 0.479. The van der Waals surface area contributed by atoms with Gasteiger partial charge in [-0.25, -0.2) is 4.98 Å². The van der Waals surface area contributed by atoms with Crippen LogP contribution in [0.15, 0.2) is 60.8 Å². The number of rotatable bonds is 5. The molecule has 1 aromatic heterocycles. The van der Waals surface area contributed by atoms with Crippen LogP contribution in [0.2, 0.25) is 5.15 Å². The van der Waals surface area contributed by atoms with Crippen molar-refractivity contribution in [1.82, 2.24) is 9.88 Å². The Morgan fingerprint density at radius 1 is 1.20 bits per heavy atom. The molecule has 20 heavy (non-hydrogen) atoms. The van der Waals surface area contributed by atoms with E-state index in [2.05, 4.69) is 4.98 Å². The fraction of sp³-hybridized carbons (Fsp3) is 0.125. The summed E-state index contributed by atoms with van der Waals surface area (Å²) in [5.41, 5.74) is 1.54. The van der Waals surface area contributed by atoms with Crippen molar-refractivity contribution in [2.75, 3.05) is 7.05 Å². The van der Waals surface area contributed by atoms with Crippen LogP contribution in [0.1, 0.15) is 16.1 Å². The van der Waals surface area contributed by atoms with Gasteiger partial charge >= 0.3 is 0 Å². The topological polar surface area (TPSA) is 33.2 Å². The third-order valence-electron chi connectivity index (χ3n) is 2.72. The molecule has 0 fully saturated rings. The fourth-order valence-corrected chi connectivity index (χ4v) is 1.91. The Labute approximate surface area is 123 Å². The molecule has 0 atom stereocenters. The first-order valence-corrected chi connectivity index (χ1v) is 6.62. The van der Waals surface area contributed by atoms with Gasteiger partial charge in [-0.05, 0) is 17.7 Å². The van der Waals surface area contributed by atoms with Gasteiger partial charge in [0.15, 0.2) is 0 Å². The first-order valence-electron chi connectivity index (χ1n) is 6.24. The summed E-state index contributed by atoms with van der Waals surface area (Å²) in [6, 6.07) is 15.1. The van der Waals surface area contributed by atoms with Crippen molar-refractivity contribution in [1.29, 1.82) is 0 Å². The van der Waals surface area contributed by atoms with Crippen LogP contribution in [0.3, 0.4) is 0 Å². The Balaban J connectivity index is 1.97. The first-order chi connectivity index (χ1) is 9.65. The molecule has 102 valence electrons. The maximum atomic E-state index is 11.9. The molecule has 0 aliphatic heterocycles. The minimum Gasteiger partial charge on any atom is -0.376 e. The average Bonchev–Trinajstić information content (AvgIpc) is 2.46. The van der Waals surface area contributed by atoms with E-state index in [1.54, 1.807) is 24.4 Å². The Morgan fingerprint density at radius 2 is 1.95 bits per heavy atom. The van der Waals surface area contributed by atoms with E-state index in [-0.39, 0.29) is 5.78 Å². The molecule has 0 saturated heterocycles. The molecule has 4 heteroatoms. The summed E-state index contributed by atoms with van der Waals surface area (Å²) in [6.45, 7) is 0.744. The Kier molecular flexibility index (Phi) is 4.91. The third kappa shape index (κ3) is 4.21. The highest BCUT2D eigenvalue weighted by Gasteiger charge is 2.04. The van der Waals surface area contributed by atoms with Crippen molar-refractivity contribution in [2.24, 2.45) is 0 Å². The number of carbonyl (C=O) groups is 1. The summed E-state index contributed by atoms with van der Waals surface area (Å²) in [7, 11) is 1.92. The van der Waals surface area contributed by atoms with Crippen LogP contribution in [-0.2, 0) is 6.54 Å². The van der Waals surface area contributed by atoms with Gasteiger partial charge in [0.2, 0.25) is 5.78 Å². The van der Waals surface area contributed by atoms with Gasteiger partial charge in [0.25, 0.3) is 0 Å². The number of carbonyl (C=O) groups excluding carboxylic acids is 1. The lowest BCUT2D eigenvalue weighted by molar-refractivity contribution is 0.104. The zero-order valence-electron chi connectivity index (χ0n) is 11.2. The van der Waals surface area contributed by atoms with Crippen molar-refractivity contribution >= 4 is 17.4 Å². The predicted octanol–water partition coefficient (Wildman–Crippen LogP) is 3.56. The molecule has 0 aliphatic carbocycles. The molecule has 1 aromatic carbocycles. The SMILES string of the molecule is CN(C=CC(=O)c1cccc(Cl)n1)Cc1ccccc1. The van der Waals surface area contributed by atoms with Gasteiger partial charge in [-0.3, -0.25) is 4.79 Å². The van der Waals surface area contributed by atoms with Gasteiger partial charge in [-0.15, -0.1) is 0 Å². The molecule has 0 unspecified atom stereocenters. The van der Waals surface area contributed by atoms with Gasteiger partial charge < -0.3 is 4.90 Å². The molecule has 0 bridgehead atoms. The fourth-order valence-electron chi connectivity index (χ4n) is 1.75. The van der Waals surface area contributed by atoms with E-state index in [9.17, 15) is 4.79 Å². The minimum atomic E-state index is -0.160. The number of halogens is 1. The third-order valence-corrected chi connectivity index (χ3v) is 2.93. The van der Waals surface area contributed by atoms with Gasteiger partial charge in [-0.2, -0.15) is 0 Å². The Hall–Kier alpha value is -2.13. The number of hydrogen-bond donors (Lipinski definition) is 0. The van der Waals surface area contributed by atoms with Crippen LogP contribution in [-0.4, -0.2) is 22.7 Å². The maximum Gasteiger partial charge on any atom is 0.205 e. The number of ketones is 1. The normalized spacial score (nSPS) is 10.7. The molecular formula is C16H15ClN2O. The number of nitrogens with zero attached hydrogens (tertiary/aromatic N) is 2. The molecule has 2 aromatic rings. The van der Waals surface area contributed by atoms with E-state index in [0.29, 0.717) is 10.8 Å². The maximum absolute atomic E-state index is 11.9. The van der Waals surface area contributed by atoms with E-state index in [0.717, 1.165) is 6.54 Å². The summed E-state index contributed by atoms with van der Waals surface area (Å²) in [4.78, 5) is 17.8. The molecule has 0 saturated carbocycles. The second-order valence-electron chi connectivity index (χ2n) is 4.43. The summed E-state index contributed by atoms with van der Waals surface area (Å²) in [5.74, 6) is -0.160. The highest BCUT2D eigenvalue weighted by Crippen LogP contribution is 2.07. The molecule has 0 spiro atoms. The zero-order chi connectivity index (χ0) is 14.4. The number of allylic oxidation sites excluding steroid dienone is 1. The molecule has 2 rings (SSSR count). The van der Waals surface area contributed by atoms with E-state index >= 15 is 0 Å². The van der Waals surface area contributed by atoms with E-state index in [4.69, 9.17) is 11.6 Å². The van der Waals surface area contributed by atoms with Crippen LogP contribution in [0, 0.1) is 0 Å². The molecule has 1 heterocycles. The van der Waals surface area contributed by atoms with E-state index in [1.165, 1.54) is 11.6 Å². The minimum absolute atomic E-state index is 0.160. The van der Waals surface area contributed by atoms with Gasteiger partial charge in [-0.1, -0.05) is 48.0 Å². The van der Waals surface area contributed by atoms with Gasteiger partial charge in [0, 0.05) is 25.9 Å². The molecular weight excluding hydrogens is 272 g/mol. The highest BCUT2D eigenvalue weighted by atomic mass is 35.5. The standard InChI is InChI=1S/C16H15ClN2O/c1-19(12-13-6-3-2-4-7-13)11-10-15(20)14-8-5-9-16(17)18-14/h2-11H,12H2,1H3. The highest BCUT2D eigenvalue weighted by molar-refractivity contribution is 6.29. The molecule has 0 aliphatic rings. The lowest BCUT2D eigenvalue weighted by Gasteiger charge is -2.13. The predicted molar refractivity (Wildman–Crippen MR) is 80.6 cm³/mol. The summed E-state index contributed by atoms with van der Waals surface area (Å²) >= 11 is 5.76. The largest absolute Gasteiger partial charge is 0.376 e. The zero-order valence-corrected chi connectivity index (χ0v) is 11.9. The lowest BCUT2D eigenvalue weighted by Crippen LogP contribution is -2.11. The number of hydrogen-bond acceptors (Lipinski definition) is 3. The second kappa shape index (κ2) is 6.87. The van der Waals surface area contributed by atoms with E-state index in [1.807, 2.05) is 42.3 Å². The number of pyridine rings is 1. The van der Waals surface area contributed by atoms with Crippen molar-refractivity contribution < 1.29 is 4.79 Å². The average molecular weight is 287 g/mol. The monoisotopic (exact) mass is 286 g/mol. The lowest BCUT2D eigenvalue weighted by atomic mass is 10.2. The van der Waals surface area contributed by atoms with Crippen LogP contribution in [0.5, 0.6) is 0 Å². The van der Waals surface area contributed by atoms with Gasteiger partial charge in [0.1, 0.15) is 10.8 Å². The summed E-state index contributed by atoms with van der Waals surface area (Å²) in [5, 5.41) is 0.321. The molecule has 0 radical (unpaired) electrons. The smallest absolute Gasteiger partial charge is 0.205 e. The molecule has 0 amide bonds. The summed E-state index contributed by atoms with van der Waals surface area (Å²) in [6.07, 6.45) is 3.25.